The van der Waals surface area contributed by atoms with Crippen LogP contribution in [0.25, 0.3) is 0 Å². The third-order valence-corrected chi connectivity index (χ3v) is 3.06. The summed E-state index contributed by atoms with van der Waals surface area (Å²) in [5.74, 6) is 0.739. The zero-order valence-electron chi connectivity index (χ0n) is 7.55. The number of carbonyl (C=O) groups excluding carboxylic acids is 1. The summed E-state index contributed by atoms with van der Waals surface area (Å²) < 4.78 is 0. The van der Waals surface area contributed by atoms with Crippen LogP contribution in [0.1, 0.15) is 33.6 Å². The van der Waals surface area contributed by atoms with Gasteiger partial charge in [0.2, 0.25) is 0 Å². The van der Waals surface area contributed by atoms with Crippen molar-refractivity contribution in [1.82, 2.24) is 0 Å². The van der Waals surface area contributed by atoms with Gasteiger partial charge in [-0.05, 0) is 25.7 Å². The predicted molar refractivity (Wildman–Crippen MR) is 46.3 cm³/mol. The Bertz CT molecular complexity index is 193. The van der Waals surface area contributed by atoms with E-state index in [1.165, 1.54) is 0 Å². The van der Waals surface area contributed by atoms with Gasteiger partial charge in [0, 0.05) is 5.41 Å². The Morgan fingerprint density at radius 1 is 1.64 bits per heavy atom. The second-order valence-corrected chi connectivity index (χ2v) is 3.73. The molecule has 2 atom stereocenters. The van der Waals surface area contributed by atoms with Crippen molar-refractivity contribution < 1.29 is 4.79 Å². The fraction of sp³-hybridized carbons (Fsp3) is 0.700. The van der Waals surface area contributed by atoms with Crippen LogP contribution in [-0.4, -0.2) is 5.78 Å². The highest BCUT2D eigenvalue weighted by molar-refractivity contribution is 5.82. The van der Waals surface area contributed by atoms with Crippen LogP contribution in [0.4, 0.5) is 0 Å². The first kappa shape index (κ1) is 8.51. The molecular weight excluding hydrogens is 136 g/mol. The first-order valence-electron chi connectivity index (χ1n) is 4.25. The molecule has 0 aliphatic heterocycles. The Morgan fingerprint density at radius 2 is 2.27 bits per heavy atom. The Kier molecular flexibility index (Phi) is 2.17. The number of carbonyl (C=O) groups is 1. The molecule has 1 heteroatoms. The molecule has 0 bridgehead atoms. The van der Waals surface area contributed by atoms with Crippen molar-refractivity contribution in [2.24, 2.45) is 11.3 Å². The molecule has 0 aromatic carbocycles. The summed E-state index contributed by atoms with van der Waals surface area (Å²) in [5.41, 5.74) is -0.0885. The molecule has 0 aromatic heterocycles. The van der Waals surface area contributed by atoms with Gasteiger partial charge in [-0.2, -0.15) is 0 Å². The molecule has 0 saturated heterocycles. The lowest BCUT2D eigenvalue weighted by Crippen LogP contribution is -2.33. The third kappa shape index (κ3) is 1.37. The fourth-order valence-corrected chi connectivity index (χ4v) is 1.62. The minimum absolute atomic E-state index is 0.0885. The lowest BCUT2D eigenvalue weighted by molar-refractivity contribution is -0.128. The quantitative estimate of drug-likeness (QED) is 0.528. The maximum absolute atomic E-state index is 11.3. The van der Waals surface area contributed by atoms with Gasteiger partial charge in [-0.3, -0.25) is 4.79 Å². The van der Waals surface area contributed by atoms with E-state index in [2.05, 4.69) is 26.0 Å². The van der Waals surface area contributed by atoms with Gasteiger partial charge in [0.1, 0.15) is 5.78 Å². The van der Waals surface area contributed by atoms with Gasteiger partial charge < -0.3 is 0 Å². The van der Waals surface area contributed by atoms with E-state index in [1.54, 1.807) is 6.92 Å². The fourth-order valence-electron chi connectivity index (χ4n) is 1.62. The van der Waals surface area contributed by atoms with E-state index in [0.29, 0.717) is 11.7 Å². The average molecular weight is 152 g/mol. The topological polar surface area (TPSA) is 17.1 Å². The third-order valence-electron chi connectivity index (χ3n) is 3.06. The number of rotatable bonds is 1. The summed E-state index contributed by atoms with van der Waals surface area (Å²) in [5, 5.41) is 0. The Balaban J connectivity index is 2.85. The van der Waals surface area contributed by atoms with E-state index < -0.39 is 0 Å². The van der Waals surface area contributed by atoms with E-state index in [4.69, 9.17) is 0 Å². The van der Waals surface area contributed by atoms with Gasteiger partial charge in [0.25, 0.3) is 0 Å². The summed E-state index contributed by atoms with van der Waals surface area (Å²) in [6.07, 6.45) is 6.40. The van der Waals surface area contributed by atoms with Crippen LogP contribution in [0.2, 0.25) is 0 Å². The molecule has 1 aliphatic carbocycles. The number of ketones is 1. The second kappa shape index (κ2) is 2.80. The highest BCUT2D eigenvalue weighted by atomic mass is 16.1. The molecule has 1 aliphatic rings. The second-order valence-electron chi connectivity index (χ2n) is 3.73. The van der Waals surface area contributed by atoms with E-state index >= 15 is 0 Å². The molecule has 0 unspecified atom stereocenters. The Labute approximate surface area is 68.5 Å². The molecule has 0 fully saturated rings. The van der Waals surface area contributed by atoms with E-state index in [9.17, 15) is 4.79 Å². The van der Waals surface area contributed by atoms with Gasteiger partial charge in [0.05, 0.1) is 0 Å². The van der Waals surface area contributed by atoms with Crippen molar-refractivity contribution >= 4 is 5.78 Å². The minimum atomic E-state index is -0.0885. The van der Waals surface area contributed by atoms with Crippen LogP contribution in [0, 0.1) is 11.3 Å². The monoisotopic (exact) mass is 152 g/mol. The van der Waals surface area contributed by atoms with Crippen molar-refractivity contribution in [3.63, 3.8) is 0 Å². The minimum Gasteiger partial charge on any atom is -0.299 e. The van der Waals surface area contributed by atoms with Crippen LogP contribution in [0.15, 0.2) is 12.2 Å². The molecule has 0 amide bonds. The summed E-state index contributed by atoms with van der Waals surface area (Å²) in [7, 11) is 0. The molecular formula is C10H16O. The van der Waals surface area contributed by atoms with Gasteiger partial charge in [-0.1, -0.05) is 26.0 Å². The lowest BCUT2D eigenvalue weighted by Gasteiger charge is -2.33. The smallest absolute Gasteiger partial charge is 0.136 e. The van der Waals surface area contributed by atoms with Crippen molar-refractivity contribution in [2.75, 3.05) is 0 Å². The van der Waals surface area contributed by atoms with E-state index in [1.807, 2.05) is 0 Å². The first-order valence-corrected chi connectivity index (χ1v) is 4.25. The summed E-state index contributed by atoms with van der Waals surface area (Å²) >= 11 is 0. The van der Waals surface area contributed by atoms with Gasteiger partial charge >= 0.3 is 0 Å². The van der Waals surface area contributed by atoms with Gasteiger partial charge in [-0.25, -0.2) is 0 Å². The highest BCUT2D eigenvalue weighted by Gasteiger charge is 2.35. The SMILES string of the molecule is CC(=O)[C@]1(C)CCC=C[C@H]1C. The maximum atomic E-state index is 11.3. The molecule has 0 heterocycles. The van der Waals surface area contributed by atoms with Gasteiger partial charge in [0.15, 0.2) is 0 Å². The van der Waals surface area contributed by atoms with Crippen LogP contribution in [0.5, 0.6) is 0 Å². The summed E-state index contributed by atoms with van der Waals surface area (Å²) in [4.78, 5) is 11.3. The number of hydrogen-bond donors (Lipinski definition) is 0. The molecule has 62 valence electrons. The summed E-state index contributed by atoms with van der Waals surface area (Å²) in [6.45, 7) is 5.90. The molecule has 1 nitrogen and oxygen atoms in total. The van der Waals surface area contributed by atoms with Crippen molar-refractivity contribution in [3.05, 3.63) is 12.2 Å². The maximum Gasteiger partial charge on any atom is 0.136 e. The average Bonchev–Trinajstić information content (AvgIpc) is 1.95. The molecule has 1 rings (SSSR count). The van der Waals surface area contributed by atoms with Gasteiger partial charge in [-0.15, -0.1) is 0 Å². The zero-order chi connectivity index (χ0) is 8.48. The van der Waals surface area contributed by atoms with E-state index in [-0.39, 0.29) is 5.41 Å². The van der Waals surface area contributed by atoms with Crippen molar-refractivity contribution in [1.29, 1.82) is 0 Å². The van der Waals surface area contributed by atoms with Crippen molar-refractivity contribution in [2.45, 2.75) is 33.6 Å². The van der Waals surface area contributed by atoms with Crippen LogP contribution >= 0.6 is 0 Å². The number of Topliss-reactive ketones (excluding diaryl/α,β-unsaturated/α-hetero) is 1. The summed E-state index contributed by atoms with van der Waals surface area (Å²) in [6, 6.07) is 0. The Hall–Kier alpha value is -0.590. The van der Waals surface area contributed by atoms with E-state index in [0.717, 1.165) is 12.8 Å². The molecule has 11 heavy (non-hydrogen) atoms. The zero-order valence-corrected chi connectivity index (χ0v) is 7.55. The number of allylic oxidation sites excluding steroid dienone is 2. The molecule has 0 spiro atoms. The Morgan fingerprint density at radius 3 is 2.64 bits per heavy atom. The lowest BCUT2D eigenvalue weighted by atomic mass is 9.69. The standard InChI is InChI=1S/C10H16O/c1-8-6-4-5-7-10(8,3)9(2)11/h4,6,8H,5,7H2,1-3H3/t8-,10-/m1/s1. The van der Waals surface area contributed by atoms with Crippen LogP contribution < -0.4 is 0 Å². The van der Waals surface area contributed by atoms with Crippen LogP contribution in [0.3, 0.4) is 0 Å². The number of hydrogen-bond acceptors (Lipinski definition) is 1. The highest BCUT2D eigenvalue weighted by Crippen LogP contribution is 2.37. The predicted octanol–water partition coefficient (Wildman–Crippen LogP) is 2.57. The largest absolute Gasteiger partial charge is 0.299 e. The molecule has 0 aromatic rings. The molecule has 0 saturated carbocycles. The van der Waals surface area contributed by atoms with Crippen molar-refractivity contribution in [3.8, 4) is 0 Å². The first-order chi connectivity index (χ1) is 5.07. The molecule has 0 N–H and O–H groups in total. The molecule has 0 radical (unpaired) electrons. The normalized spacial score (nSPS) is 37.2. The van der Waals surface area contributed by atoms with Crippen LogP contribution in [-0.2, 0) is 4.79 Å².